The molecule has 1 aromatic carbocycles. The fourth-order valence-corrected chi connectivity index (χ4v) is 6.91. The summed E-state index contributed by atoms with van der Waals surface area (Å²) in [6.45, 7) is 6.39. The molecule has 10 heteroatoms. The number of amides is 1. The van der Waals surface area contributed by atoms with Gasteiger partial charge in [0, 0.05) is 28.5 Å². The quantitative estimate of drug-likeness (QED) is 0.214. The van der Waals surface area contributed by atoms with Gasteiger partial charge in [-0.15, -0.1) is 17.9 Å². The van der Waals surface area contributed by atoms with Crippen molar-refractivity contribution in [1.82, 2.24) is 18.9 Å². The Morgan fingerprint density at radius 1 is 1.32 bits per heavy atom. The Bertz CT molecular complexity index is 1420. The number of allylic oxidation sites excluding steroid dienone is 1. The molecular weight excluding hydrogens is 486 g/mol. The highest BCUT2D eigenvalue weighted by molar-refractivity contribution is 7.99. The van der Waals surface area contributed by atoms with E-state index in [-0.39, 0.29) is 17.2 Å². The third-order valence-corrected chi connectivity index (χ3v) is 8.48. The molecule has 0 spiro atoms. The second-order valence-corrected chi connectivity index (χ2v) is 11.0. The van der Waals surface area contributed by atoms with E-state index < -0.39 is 0 Å². The lowest BCUT2D eigenvalue weighted by atomic mass is 9.89. The first-order valence-corrected chi connectivity index (χ1v) is 13.6. The first-order chi connectivity index (χ1) is 16.5. The van der Waals surface area contributed by atoms with E-state index in [1.165, 1.54) is 16.6 Å². The summed E-state index contributed by atoms with van der Waals surface area (Å²) in [5.41, 5.74) is 2.01. The van der Waals surface area contributed by atoms with Crippen LogP contribution in [-0.4, -0.2) is 30.6 Å². The molecule has 1 aliphatic carbocycles. The molecule has 0 saturated carbocycles. The van der Waals surface area contributed by atoms with Crippen LogP contribution in [0, 0.1) is 5.92 Å². The number of hydrogen-bond acceptors (Lipinski definition) is 8. The Kier molecular flexibility index (Phi) is 6.62. The van der Waals surface area contributed by atoms with Gasteiger partial charge in [0.2, 0.25) is 11.0 Å². The Morgan fingerprint density at radius 2 is 2.15 bits per heavy atom. The van der Waals surface area contributed by atoms with Crippen molar-refractivity contribution in [2.45, 2.75) is 37.9 Å². The average molecular weight is 510 g/mol. The zero-order valence-electron chi connectivity index (χ0n) is 18.6. The molecule has 1 atom stereocenters. The Morgan fingerprint density at radius 3 is 2.94 bits per heavy atom. The minimum atomic E-state index is -0.223. The van der Waals surface area contributed by atoms with E-state index in [0.29, 0.717) is 28.6 Å². The number of fused-ring (bicyclic) bond motifs is 3. The number of aryl methyl sites for hydroxylation is 1. The van der Waals surface area contributed by atoms with E-state index in [2.05, 4.69) is 28.2 Å². The number of carbonyl (C=O) groups is 1. The highest BCUT2D eigenvalue weighted by Gasteiger charge is 2.24. The van der Waals surface area contributed by atoms with Crippen molar-refractivity contribution in [2.24, 2.45) is 5.92 Å². The monoisotopic (exact) mass is 509 g/mol. The normalized spacial score (nSPS) is 15.3. The number of hydrogen-bond donors (Lipinski definition) is 1. The number of anilines is 1. The summed E-state index contributed by atoms with van der Waals surface area (Å²) in [6.07, 6.45) is 4.69. The minimum Gasteiger partial charge on any atom is -0.300 e. The van der Waals surface area contributed by atoms with Crippen LogP contribution in [0.5, 0.6) is 0 Å². The number of thioether (sulfide) groups is 1. The minimum absolute atomic E-state index is 0.0449. The van der Waals surface area contributed by atoms with Gasteiger partial charge in [0.15, 0.2) is 11.0 Å². The lowest BCUT2D eigenvalue weighted by Crippen LogP contribution is -2.24. The van der Waals surface area contributed by atoms with Gasteiger partial charge in [-0.25, -0.2) is 4.98 Å². The molecule has 1 unspecified atom stereocenters. The molecule has 7 nitrogen and oxygen atoms in total. The van der Waals surface area contributed by atoms with Gasteiger partial charge in [-0.05, 0) is 30.7 Å². The second-order valence-electron chi connectivity index (χ2n) is 8.26. The van der Waals surface area contributed by atoms with Crippen molar-refractivity contribution in [3.05, 3.63) is 63.8 Å². The molecule has 0 bridgehead atoms. The largest absolute Gasteiger partial charge is 0.300 e. The van der Waals surface area contributed by atoms with Crippen LogP contribution in [0.3, 0.4) is 0 Å². The van der Waals surface area contributed by atoms with Gasteiger partial charge in [-0.2, -0.15) is 9.36 Å². The molecule has 4 aromatic rings. The summed E-state index contributed by atoms with van der Waals surface area (Å²) in [5.74, 6) is 1.09. The first kappa shape index (κ1) is 22.9. The molecule has 0 fully saturated rings. The molecule has 0 radical (unpaired) electrons. The summed E-state index contributed by atoms with van der Waals surface area (Å²) >= 11 is 4.00. The van der Waals surface area contributed by atoms with Gasteiger partial charge in [0.25, 0.3) is 5.56 Å². The molecule has 1 N–H and O–H groups in total. The summed E-state index contributed by atoms with van der Waals surface area (Å²) in [5, 5.41) is 4.51. The fraction of sp³-hybridized carbons (Fsp3) is 0.292. The Balaban J connectivity index is 1.35. The van der Waals surface area contributed by atoms with Crippen LogP contribution in [-0.2, 0) is 24.2 Å². The Hall–Kier alpha value is -2.82. The third-order valence-electron chi connectivity index (χ3n) is 5.73. The molecule has 34 heavy (non-hydrogen) atoms. The number of thiophene rings is 1. The maximum Gasteiger partial charge on any atom is 0.263 e. The van der Waals surface area contributed by atoms with Crippen LogP contribution < -0.4 is 10.9 Å². The highest BCUT2D eigenvalue weighted by atomic mass is 32.2. The van der Waals surface area contributed by atoms with E-state index in [0.717, 1.165) is 52.1 Å². The third kappa shape index (κ3) is 4.57. The molecule has 1 amide bonds. The van der Waals surface area contributed by atoms with Crippen LogP contribution in [0.1, 0.15) is 23.8 Å². The molecule has 5 rings (SSSR count). The van der Waals surface area contributed by atoms with Crippen LogP contribution in [0.4, 0.5) is 5.13 Å². The Labute approximate surface area is 209 Å². The van der Waals surface area contributed by atoms with E-state index in [1.54, 1.807) is 22.0 Å². The lowest BCUT2D eigenvalue weighted by Gasteiger charge is -2.17. The van der Waals surface area contributed by atoms with Gasteiger partial charge in [0.05, 0.1) is 11.1 Å². The summed E-state index contributed by atoms with van der Waals surface area (Å²) in [6, 6.07) is 9.62. The molecular formula is C24H23N5O2S3. The summed E-state index contributed by atoms with van der Waals surface area (Å²) in [4.78, 5) is 37.2. The van der Waals surface area contributed by atoms with Crippen molar-refractivity contribution in [1.29, 1.82) is 0 Å². The molecule has 1 aliphatic rings. The number of aromatic nitrogens is 4. The van der Waals surface area contributed by atoms with Gasteiger partial charge in [-0.3, -0.25) is 19.5 Å². The van der Waals surface area contributed by atoms with Crippen LogP contribution in [0.2, 0.25) is 0 Å². The van der Waals surface area contributed by atoms with Crippen molar-refractivity contribution in [2.75, 3.05) is 11.1 Å². The maximum atomic E-state index is 13.4. The SMILES string of the molecule is C=CCn1c(SCC(=O)Nc2nc(-c3ccccc3)ns2)nc2sc3c(c2c1=O)CCC(C)C3. The van der Waals surface area contributed by atoms with Gasteiger partial charge < -0.3 is 0 Å². The smallest absolute Gasteiger partial charge is 0.263 e. The first-order valence-electron chi connectivity index (χ1n) is 11.0. The van der Waals surface area contributed by atoms with E-state index in [9.17, 15) is 9.59 Å². The molecule has 3 heterocycles. The number of nitrogens with zero attached hydrogens (tertiary/aromatic N) is 4. The number of nitrogens with one attached hydrogen (secondary N) is 1. The maximum absolute atomic E-state index is 13.4. The number of rotatable bonds is 7. The van der Waals surface area contributed by atoms with Crippen LogP contribution >= 0.6 is 34.6 Å². The van der Waals surface area contributed by atoms with E-state index >= 15 is 0 Å². The summed E-state index contributed by atoms with van der Waals surface area (Å²) < 4.78 is 5.94. The zero-order valence-corrected chi connectivity index (χ0v) is 21.1. The van der Waals surface area contributed by atoms with Gasteiger partial charge in [-0.1, -0.05) is 55.1 Å². The highest BCUT2D eigenvalue weighted by Crippen LogP contribution is 2.36. The number of benzene rings is 1. The standard InChI is InChI=1S/C24H23N5O2S3/c1-3-11-29-22(31)19-16-10-9-14(2)12-17(16)33-21(19)27-24(29)32-13-18(30)25-23-26-20(28-34-23)15-7-5-4-6-8-15/h3-8,14H,1,9-13H2,2H3,(H,25,26,28,30). The molecule has 0 saturated heterocycles. The van der Waals surface area contributed by atoms with Crippen molar-refractivity contribution in [3.63, 3.8) is 0 Å². The van der Waals surface area contributed by atoms with Crippen molar-refractivity contribution < 1.29 is 4.79 Å². The van der Waals surface area contributed by atoms with E-state index in [4.69, 9.17) is 4.98 Å². The van der Waals surface area contributed by atoms with Gasteiger partial charge >= 0.3 is 0 Å². The van der Waals surface area contributed by atoms with Crippen LogP contribution in [0.25, 0.3) is 21.6 Å². The van der Waals surface area contributed by atoms with E-state index in [1.807, 2.05) is 30.3 Å². The van der Waals surface area contributed by atoms with Gasteiger partial charge in [0.1, 0.15) is 4.83 Å². The topological polar surface area (TPSA) is 89.8 Å². The second kappa shape index (κ2) is 9.81. The molecule has 0 aliphatic heterocycles. The van der Waals surface area contributed by atoms with Crippen molar-refractivity contribution >= 4 is 55.9 Å². The number of carbonyl (C=O) groups excluding carboxylic acids is 1. The zero-order chi connectivity index (χ0) is 23.7. The predicted molar refractivity (Wildman–Crippen MR) is 140 cm³/mol. The average Bonchev–Trinajstić information content (AvgIpc) is 3.44. The molecule has 174 valence electrons. The summed E-state index contributed by atoms with van der Waals surface area (Å²) in [7, 11) is 0. The van der Waals surface area contributed by atoms with Crippen LogP contribution in [0.15, 0.2) is 52.9 Å². The predicted octanol–water partition coefficient (Wildman–Crippen LogP) is 5.02. The fourth-order valence-electron chi connectivity index (χ4n) is 4.07. The lowest BCUT2D eigenvalue weighted by molar-refractivity contribution is -0.113. The van der Waals surface area contributed by atoms with Crippen molar-refractivity contribution in [3.8, 4) is 11.4 Å². The molecule has 3 aromatic heterocycles.